The molecule has 0 heterocycles. The van der Waals surface area contributed by atoms with Gasteiger partial charge in [-0.15, -0.1) is 0 Å². The zero-order valence-electron chi connectivity index (χ0n) is 15.9. The average Bonchev–Trinajstić information content (AvgIpc) is 2.64. The Balaban J connectivity index is 1.78. The molecule has 138 valence electrons. The molecule has 0 aliphatic carbocycles. The van der Waals surface area contributed by atoms with Crippen LogP contribution in [0.15, 0.2) is 54.6 Å². The third kappa shape index (κ3) is 6.45. The molecular formula is C22H28N2O2. The third-order valence-electron chi connectivity index (χ3n) is 4.53. The second kappa shape index (κ2) is 9.88. The van der Waals surface area contributed by atoms with Crippen LogP contribution in [-0.2, 0) is 11.2 Å². The van der Waals surface area contributed by atoms with E-state index in [9.17, 15) is 9.59 Å². The predicted octanol–water partition coefficient (Wildman–Crippen LogP) is 3.25. The Morgan fingerprint density at radius 3 is 2.23 bits per heavy atom. The zero-order chi connectivity index (χ0) is 18.9. The summed E-state index contributed by atoms with van der Waals surface area (Å²) in [4.78, 5) is 26.4. The molecule has 2 aromatic carbocycles. The number of Topliss-reactive ketones (excluding diaryl/α,β-unsaturated/α-hetero) is 1. The first-order chi connectivity index (χ1) is 12.5. The van der Waals surface area contributed by atoms with Gasteiger partial charge >= 0.3 is 0 Å². The molecule has 0 saturated heterocycles. The second-order valence-electron chi connectivity index (χ2n) is 6.90. The molecule has 2 rings (SSSR count). The van der Waals surface area contributed by atoms with Crippen LogP contribution in [0.2, 0.25) is 0 Å². The van der Waals surface area contributed by atoms with E-state index in [0.29, 0.717) is 12.1 Å². The van der Waals surface area contributed by atoms with Crippen LogP contribution in [0.5, 0.6) is 0 Å². The Morgan fingerprint density at radius 1 is 0.962 bits per heavy atom. The van der Waals surface area contributed by atoms with E-state index in [1.165, 1.54) is 5.56 Å². The van der Waals surface area contributed by atoms with Gasteiger partial charge in [0, 0.05) is 31.0 Å². The minimum absolute atomic E-state index is 0.00796. The summed E-state index contributed by atoms with van der Waals surface area (Å²) in [6.07, 6.45) is 1.33. The lowest BCUT2D eigenvalue weighted by molar-refractivity contribution is -0.121. The lowest BCUT2D eigenvalue weighted by Gasteiger charge is -2.24. The highest BCUT2D eigenvalue weighted by molar-refractivity contribution is 5.97. The molecule has 26 heavy (non-hydrogen) atoms. The van der Waals surface area contributed by atoms with Gasteiger partial charge < -0.3 is 10.2 Å². The Hall–Kier alpha value is -2.46. The molecule has 0 saturated carbocycles. The summed E-state index contributed by atoms with van der Waals surface area (Å²) in [5.74, 6) is -0.0704. The highest BCUT2D eigenvalue weighted by atomic mass is 16.2. The normalized spacial score (nSPS) is 12.0. The maximum atomic E-state index is 12.2. The van der Waals surface area contributed by atoms with Crippen LogP contribution in [0.3, 0.4) is 0 Å². The van der Waals surface area contributed by atoms with E-state index in [4.69, 9.17) is 0 Å². The van der Waals surface area contributed by atoms with E-state index < -0.39 is 0 Å². The maximum absolute atomic E-state index is 12.2. The molecule has 0 bridgehead atoms. The quantitative estimate of drug-likeness (QED) is 0.705. The largest absolute Gasteiger partial charge is 0.355 e. The molecule has 1 amide bonds. The fraction of sp³-hybridized carbons (Fsp3) is 0.364. The monoisotopic (exact) mass is 352 g/mol. The van der Waals surface area contributed by atoms with Crippen molar-refractivity contribution in [1.82, 2.24) is 10.2 Å². The number of rotatable bonds is 9. The van der Waals surface area contributed by atoms with Gasteiger partial charge in [-0.05, 0) is 33.0 Å². The number of likely N-dealkylation sites (N-methyl/N-ethyl adjacent to an activating group) is 1. The Morgan fingerprint density at radius 2 is 1.62 bits per heavy atom. The summed E-state index contributed by atoms with van der Waals surface area (Å²) < 4.78 is 0. The number of carbonyl (C=O) groups excluding carboxylic acids is 2. The molecule has 0 radical (unpaired) electrons. The Labute approximate surface area is 156 Å². The molecule has 1 N–H and O–H groups in total. The van der Waals surface area contributed by atoms with Gasteiger partial charge in [-0.3, -0.25) is 9.59 Å². The fourth-order valence-electron chi connectivity index (χ4n) is 2.75. The van der Waals surface area contributed by atoms with Gasteiger partial charge in [0.25, 0.3) is 0 Å². The van der Waals surface area contributed by atoms with Gasteiger partial charge in [0.15, 0.2) is 5.78 Å². The highest BCUT2D eigenvalue weighted by Crippen LogP contribution is 2.09. The standard InChI is InChI=1S/C22H28N2O2/c1-17-9-11-19(12-10-17)21(25)13-14-22(26)23-16-20(24(2)3)15-18-7-5-4-6-8-18/h4-12,20H,13-16H2,1-3H3,(H,23,26). The van der Waals surface area contributed by atoms with E-state index in [2.05, 4.69) is 22.3 Å². The van der Waals surface area contributed by atoms with Gasteiger partial charge in [0.1, 0.15) is 0 Å². The van der Waals surface area contributed by atoms with Crippen LogP contribution in [0.4, 0.5) is 0 Å². The number of amides is 1. The Bertz CT molecular complexity index is 709. The molecule has 0 aliphatic rings. The summed E-state index contributed by atoms with van der Waals surface area (Å²) in [6, 6.07) is 17.9. The first-order valence-electron chi connectivity index (χ1n) is 9.02. The molecule has 0 aromatic heterocycles. The van der Waals surface area contributed by atoms with Crippen molar-refractivity contribution in [2.75, 3.05) is 20.6 Å². The summed E-state index contributed by atoms with van der Waals surface area (Å²) in [6.45, 7) is 2.55. The third-order valence-corrected chi connectivity index (χ3v) is 4.53. The van der Waals surface area contributed by atoms with Crippen LogP contribution in [-0.4, -0.2) is 43.3 Å². The first-order valence-corrected chi connectivity index (χ1v) is 9.02. The van der Waals surface area contributed by atoms with Crippen LogP contribution in [0.1, 0.15) is 34.3 Å². The number of hydrogen-bond acceptors (Lipinski definition) is 3. The van der Waals surface area contributed by atoms with E-state index in [1.54, 1.807) is 0 Å². The first kappa shape index (κ1) is 19.9. The van der Waals surface area contributed by atoms with Crippen LogP contribution in [0.25, 0.3) is 0 Å². The van der Waals surface area contributed by atoms with Gasteiger partial charge in [-0.1, -0.05) is 60.2 Å². The lowest BCUT2D eigenvalue weighted by atomic mass is 10.0. The van der Waals surface area contributed by atoms with Crippen molar-refractivity contribution in [3.05, 3.63) is 71.3 Å². The average molecular weight is 352 g/mol. The van der Waals surface area contributed by atoms with Crippen molar-refractivity contribution in [3.8, 4) is 0 Å². The molecule has 1 atom stereocenters. The van der Waals surface area contributed by atoms with Crippen molar-refractivity contribution >= 4 is 11.7 Å². The van der Waals surface area contributed by atoms with E-state index in [-0.39, 0.29) is 30.6 Å². The summed E-state index contributed by atoms with van der Waals surface area (Å²) >= 11 is 0. The smallest absolute Gasteiger partial charge is 0.220 e. The molecule has 4 nitrogen and oxygen atoms in total. The molecule has 0 fully saturated rings. The minimum atomic E-state index is -0.0784. The number of nitrogens with zero attached hydrogens (tertiary/aromatic N) is 1. The van der Waals surface area contributed by atoms with Crippen LogP contribution >= 0.6 is 0 Å². The van der Waals surface area contributed by atoms with Gasteiger partial charge in [-0.25, -0.2) is 0 Å². The number of nitrogens with one attached hydrogen (secondary N) is 1. The molecule has 2 aromatic rings. The molecular weight excluding hydrogens is 324 g/mol. The number of ketones is 1. The van der Waals surface area contributed by atoms with Crippen molar-refractivity contribution in [3.63, 3.8) is 0 Å². The van der Waals surface area contributed by atoms with Crippen molar-refractivity contribution in [1.29, 1.82) is 0 Å². The van der Waals surface area contributed by atoms with E-state index in [1.807, 2.05) is 63.5 Å². The van der Waals surface area contributed by atoms with E-state index in [0.717, 1.165) is 12.0 Å². The lowest BCUT2D eigenvalue weighted by Crippen LogP contribution is -2.41. The van der Waals surface area contributed by atoms with Crippen molar-refractivity contribution in [2.45, 2.75) is 32.2 Å². The van der Waals surface area contributed by atoms with Crippen LogP contribution < -0.4 is 5.32 Å². The van der Waals surface area contributed by atoms with E-state index >= 15 is 0 Å². The molecule has 0 spiro atoms. The maximum Gasteiger partial charge on any atom is 0.220 e. The van der Waals surface area contributed by atoms with Gasteiger partial charge in [0.2, 0.25) is 5.91 Å². The highest BCUT2D eigenvalue weighted by Gasteiger charge is 2.14. The van der Waals surface area contributed by atoms with Crippen LogP contribution in [0, 0.1) is 6.92 Å². The fourth-order valence-corrected chi connectivity index (χ4v) is 2.75. The minimum Gasteiger partial charge on any atom is -0.355 e. The topological polar surface area (TPSA) is 49.4 Å². The molecule has 1 unspecified atom stereocenters. The second-order valence-corrected chi connectivity index (χ2v) is 6.90. The molecule has 4 heteroatoms. The number of hydrogen-bond donors (Lipinski definition) is 1. The zero-order valence-corrected chi connectivity index (χ0v) is 15.9. The number of aryl methyl sites for hydroxylation is 1. The predicted molar refractivity (Wildman–Crippen MR) is 105 cm³/mol. The van der Waals surface area contributed by atoms with Crippen molar-refractivity contribution < 1.29 is 9.59 Å². The van der Waals surface area contributed by atoms with Gasteiger partial charge in [-0.2, -0.15) is 0 Å². The Kier molecular flexibility index (Phi) is 7.54. The summed E-state index contributed by atoms with van der Waals surface area (Å²) in [5.41, 5.74) is 3.03. The summed E-state index contributed by atoms with van der Waals surface area (Å²) in [7, 11) is 4.03. The summed E-state index contributed by atoms with van der Waals surface area (Å²) in [5, 5.41) is 2.97. The SMILES string of the molecule is Cc1ccc(C(=O)CCC(=O)NCC(Cc2ccccc2)N(C)C)cc1. The number of benzene rings is 2. The number of carbonyl (C=O) groups is 2. The molecule has 0 aliphatic heterocycles. The van der Waals surface area contributed by atoms with Gasteiger partial charge in [0.05, 0.1) is 0 Å². The van der Waals surface area contributed by atoms with Crippen molar-refractivity contribution in [2.24, 2.45) is 0 Å².